The molecule has 0 aliphatic heterocycles. The summed E-state index contributed by atoms with van der Waals surface area (Å²) in [7, 11) is -2.93. The Morgan fingerprint density at radius 3 is 2.80 bits per heavy atom. The molecule has 5 nitrogen and oxygen atoms in total. The number of aromatic nitrogens is 2. The van der Waals surface area contributed by atoms with Gasteiger partial charge < -0.3 is 5.32 Å². The van der Waals surface area contributed by atoms with Crippen LogP contribution in [0.15, 0.2) is 12.4 Å². The van der Waals surface area contributed by atoms with Crippen LogP contribution in [0.1, 0.15) is 6.42 Å². The second-order valence-electron chi connectivity index (χ2n) is 3.14. The Morgan fingerprint density at radius 1 is 1.47 bits per heavy atom. The third-order valence-electron chi connectivity index (χ3n) is 1.63. The van der Waals surface area contributed by atoms with Crippen molar-refractivity contribution in [2.75, 3.05) is 23.9 Å². The van der Waals surface area contributed by atoms with Gasteiger partial charge in [-0.3, -0.25) is 0 Å². The summed E-state index contributed by atoms with van der Waals surface area (Å²) in [5.74, 6) is -0.153. The third-order valence-corrected chi connectivity index (χ3v) is 2.66. The minimum Gasteiger partial charge on any atom is -0.370 e. The van der Waals surface area contributed by atoms with E-state index in [1.807, 2.05) is 0 Å². The molecule has 0 saturated carbocycles. The van der Waals surface area contributed by atoms with Crippen molar-refractivity contribution < 1.29 is 12.8 Å². The van der Waals surface area contributed by atoms with Gasteiger partial charge in [0.2, 0.25) is 5.95 Å². The lowest BCUT2D eigenvalue weighted by molar-refractivity contribution is 0.580. The van der Waals surface area contributed by atoms with Crippen LogP contribution >= 0.6 is 0 Å². The molecule has 84 valence electrons. The molecule has 1 rings (SSSR count). The zero-order chi connectivity index (χ0) is 11.3. The van der Waals surface area contributed by atoms with Crippen LogP contribution in [0.5, 0.6) is 0 Å². The number of halogens is 1. The van der Waals surface area contributed by atoms with E-state index in [-0.39, 0.29) is 5.75 Å². The summed E-state index contributed by atoms with van der Waals surface area (Å²) in [6.07, 6.45) is 2.75. The van der Waals surface area contributed by atoms with Crippen LogP contribution in [0.4, 0.5) is 10.2 Å². The fraction of sp³-hybridized carbons (Fsp3) is 0.500. The van der Waals surface area contributed by atoms with Gasteiger partial charge in [-0.15, -0.1) is 0 Å². The first-order valence-corrected chi connectivity index (χ1v) is 6.42. The lowest BCUT2D eigenvalue weighted by atomic mass is 10.4. The summed E-state index contributed by atoms with van der Waals surface area (Å²) in [6.45, 7) is 0.434. The molecule has 0 aliphatic rings. The van der Waals surface area contributed by atoms with Crippen LogP contribution in [0.2, 0.25) is 0 Å². The van der Waals surface area contributed by atoms with E-state index in [2.05, 4.69) is 15.3 Å². The van der Waals surface area contributed by atoms with E-state index in [1.54, 1.807) is 0 Å². The van der Waals surface area contributed by atoms with Crippen molar-refractivity contribution in [1.82, 2.24) is 9.97 Å². The third kappa shape index (κ3) is 5.26. The molecule has 0 aromatic carbocycles. The summed E-state index contributed by atoms with van der Waals surface area (Å²) in [4.78, 5) is 7.06. The van der Waals surface area contributed by atoms with Gasteiger partial charge >= 0.3 is 0 Å². The smallest absolute Gasteiger partial charge is 0.217 e. The molecule has 0 saturated heterocycles. The van der Waals surface area contributed by atoms with E-state index in [1.165, 1.54) is 6.26 Å². The molecule has 0 unspecified atom stereocenters. The Bertz CT molecular complexity index is 422. The van der Waals surface area contributed by atoms with Gasteiger partial charge in [0.25, 0.3) is 0 Å². The highest BCUT2D eigenvalue weighted by Crippen LogP contribution is 2.02. The molecule has 1 heterocycles. The maximum atomic E-state index is 12.6. The van der Waals surface area contributed by atoms with Gasteiger partial charge in [0.05, 0.1) is 5.75 Å². The molecule has 0 radical (unpaired) electrons. The van der Waals surface area contributed by atoms with Gasteiger partial charge in [0.1, 0.15) is 22.0 Å². The minimum atomic E-state index is -2.93. The number of sulfone groups is 1. The lowest BCUT2D eigenvalue weighted by Gasteiger charge is -2.03. The van der Waals surface area contributed by atoms with E-state index < -0.39 is 15.8 Å². The highest BCUT2D eigenvalue weighted by molar-refractivity contribution is 7.90. The van der Waals surface area contributed by atoms with Gasteiger partial charge in [0, 0.05) is 18.9 Å². The van der Waals surface area contributed by atoms with E-state index in [0.717, 1.165) is 12.4 Å². The molecule has 0 atom stereocenters. The summed E-state index contributed by atoms with van der Waals surface area (Å²) < 4.78 is 34.1. The highest BCUT2D eigenvalue weighted by atomic mass is 32.2. The van der Waals surface area contributed by atoms with Gasteiger partial charge in [-0.2, -0.15) is 4.39 Å². The molecular weight excluding hydrogens is 221 g/mol. The zero-order valence-corrected chi connectivity index (χ0v) is 9.09. The quantitative estimate of drug-likeness (QED) is 0.591. The zero-order valence-electron chi connectivity index (χ0n) is 8.27. The average molecular weight is 233 g/mol. The second kappa shape index (κ2) is 5.01. The maximum absolute atomic E-state index is 12.6. The highest BCUT2D eigenvalue weighted by Gasteiger charge is 2.01. The number of hydrogen-bond donors (Lipinski definition) is 1. The van der Waals surface area contributed by atoms with Crippen molar-refractivity contribution in [1.29, 1.82) is 0 Å². The predicted molar refractivity (Wildman–Crippen MR) is 54.8 cm³/mol. The van der Waals surface area contributed by atoms with E-state index >= 15 is 0 Å². The van der Waals surface area contributed by atoms with Crippen molar-refractivity contribution in [2.45, 2.75) is 6.42 Å². The SMILES string of the molecule is CS(=O)(=O)CCCNc1cc(F)ncn1. The molecule has 0 amide bonds. The topological polar surface area (TPSA) is 72.0 Å². The van der Waals surface area contributed by atoms with Crippen LogP contribution in [0, 0.1) is 5.95 Å². The molecule has 0 spiro atoms. The molecule has 0 bridgehead atoms. The normalized spacial score (nSPS) is 11.3. The van der Waals surface area contributed by atoms with Gasteiger partial charge in [-0.25, -0.2) is 18.4 Å². The largest absolute Gasteiger partial charge is 0.370 e. The van der Waals surface area contributed by atoms with Crippen LogP contribution in [0.3, 0.4) is 0 Å². The first kappa shape index (κ1) is 11.8. The Kier molecular flexibility index (Phi) is 3.96. The minimum absolute atomic E-state index is 0.105. The van der Waals surface area contributed by atoms with E-state index in [9.17, 15) is 12.8 Å². The fourth-order valence-electron chi connectivity index (χ4n) is 0.981. The molecule has 1 aromatic rings. The molecule has 0 fully saturated rings. The lowest BCUT2D eigenvalue weighted by Crippen LogP contribution is -2.10. The average Bonchev–Trinajstić information content (AvgIpc) is 2.11. The number of anilines is 1. The van der Waals surface area contributed by atoms with Crippen LogP contribution in [0.25, 0.3) is 0 Å². The molecule has 0 aliphatic carbocycles. The van der Waals surface area contributed by atoms with Gasteiger partial charge in [0.15, 0.2) is 0 Å². The molecule has 1 N–H and O–H groups in total. The van der Waals surface area contributed by atoms with Crippen molar-refractivity contribution >= 4 is 15.7 Å². The van der Waals surface area contributed by atoms with E-state index in [0.29, 0.717) is 18.8 Å². The molecule has 15 heavy (non-hydrogen) atoms. The summed E-state index contributed by atoms with van der Waals surface area (Å²) in [5, 5.41) is 2.80. The summed E-state index contributed by atoms with van der Waals surface area (Å²) >= 11 is 0. The number of rotatable bonds is 5. The van der Waals surface area contributed by atoms with Crippen LogP contribution < -0.4 is 5.32 Å². The molecule has 7 heteroatoms. The number of nitrogens with one attached hydrogen (secondary N) is 1. The van der Waals surface area contributed by atoms with Gasteiger partial charge in [-0.05, 0) is 6.42 Å². The van der Waals surface area contributed by atoms with Crippen LogP contribution in [-0.2, 0) is 9.84 Å². The van der Waals surface area contributed by atoms with Crippen molar-refractivity contribution in [2.24, 2.45) is 0 Å². The first-order valence-electron chi connectivity index (χ1n) is 4.36. The number of hydrogen-bond acceptors (Lipinski definition) is 5. The number of nitrogens with zero attached hydrogens (tertiary/aromatic N) is 2. The van der Waals surface area contributed by atoms with Crippen molar-refractivity contribution in [3.05, 3.63) is 18.3 Å². The Labute approximate surface area is 87.7 Å². The second-order valence-corrected chi connectivity index (χ2v) is 5.40. The Balaban J connectivity index is 2.32. The summed E-state index contributed by atoms with van der Waals surface area (Å²) in [6, 6.07) is 1.15. The fourth-order valence-corrected chi connectivity index (χ4v) is 1.65. The standard InChI is InChI=1S/C8H12FN3O2S/c1-15(13,14)4-2-3-10-8-5-7(9)11-6-12-8/h5-6H,2-4H2,1H3,(H,10,11,12). The first-order chi connectivity index (χ1) is 6.97. The Hall–Kier alpha value is -1.24. The van der Waals surface area contributed by atoms with E-state index in [4.69, 9.17) is 0 Å². The molecule has 1 aromatic heterocycles. The van der Waals surface area contributed by atoms with Crippen molar-refractivity contribution in [3.63, 3.8) is 0 Å². The monoisotopic (exact) mass is 233 g/mol. The Morgan fingerprint density at radius 2 is 2.20 bits per heavy atom. The van der Waals surface area contributed by atoms with Gasteiger partial charge in [-0.1, -0.05) is 0 Å². The maximum Gasteiger partial charge on any atom is 0.217 e. The predicted octanol–water partition coefficient (Wildman–Crippen LogP) is 0.462. The van der Waals surface area contributed by atoms with Crippen molar-refractivity contribution in [3.8, 4) is 0 Å². The summed E-state index contributed by atoms with van der Waals surface area (Å²) in [5.41, 5.74) is 0. The van der Waals surface area contributed by atoms with Crippen LogP contribution in [-0.4, -0.2) is 36.9 Å². The molecular formula is C8H12FN3O2S.